The van der Waals surface area contributed by atoms with Crippen molar-refractivity contribution in [1.29, 1.82) is 0 Å². The van der Waals surface area contributed by atoms with Crippen LogP contribution in [-0.2, 0) is 25.6 Å². The molecule has 1 atom stereocenters. The lowest BCUT2D eigenvalue weighted by molar-refractivity contribution is -0.171. The van der Waals surface area contributed by atoms with Crippen molar-refractivity contribution in [3.8, 4) is 0 Å². The van der Waals surface area contributed by atoms with Crippen LogP contribution in [0.4, 0.5) is 0 Å². The summed E-state index contributed by atoms with van der Waals surface area (Å²) in [6.45, 7) is 7.11. The van der Waals surface area contributed by atoms with Gasteiger partial charge in [-0.1, -0.05) is 25.5 Å². The van der Waals surface area contributed by atoms with Gasteiger partial charge < -0.3 is 15.3 Å². The Hall–Kier alpha value is -2.41. The predicted octanol–water partition coefficient (Wildman–Crippen LogP) is 1.71. The molecular formula is C18H26N2O5. The summed E-state index contributed by atoms with van der Waals surface area (Å²) in [4.78, 5) is 40.4. The van der Waals surface area contributed by atoms with Crippen LogP contribution in [0.3, 0.4) is 0 Å². The van der Waals surface area contributed by atoms with Gasteiger partial charge in [0.1, 0.15) is 0 Å². The highest BCUT2D eigenvalue weighted by molar-refractivity contribution is 6.00. The summed E-state index contributed by atoms with van der Waals surface area (Å²) in [6.07, 6.45) is 1.60. The van der Waals surface area contributed by atoms with E-state index < -0.39 is 23.3 Å². The molecule has 25 heavy (non-hydrogen) atoms. The van der Waals surface area contributed by atoms with E-state index in [2.05, 4.69) is 4.84 Å². The van der Waals surface area contributed by atoms with E-state index in [0.717, 1.165) is 6.42 Å². The van der Waals surface area contributed by atoms with Gasteiger partial charge in [-0.25, -0.2) is 4.79 Å². The third-order valence-corrected chi connectivity index (χ3v) is 4.14. The highest BCUT2D eigenvalue weighted by Crippen LogP contribution is 2.28. The third-order valence-electron chi connectivity index (χ3n) is 4.14. The lowest BCUT2D eigenvalue weighted by Crippen LogP contribution is -2.42. The minimum Gasteiger partial charge on any atom is -0.465 e. The first-order valence-electron chi connectivity index (χ1n) is 8.15. The van der Waals surface area contributed by atoms with Gasteiger partial charge in [-0.3, -0.25) is 9.59 Å². The molecular weight excluding hydrogens is 324 g/mol. The van der Waals surface area contributed by atoms with E-state index in [-0.39, 0.29) is 13.0 Å². The summed E-state index contributed by atoms with van der Waals surface area (Å²) in [5.74, 6) is 2.92. The van der Waals surface area contributed by atoms with Gasteiger partial charge in [-0.2, -0.15) is 5.90 Å². The molecule has 7 heteroatoms. The Morgan fingerprint density at radius 2 is 1.68 bits per heavy atom. The molecule has 1 unspecified atom stereocenters. The highest BCUT2D eigenvalue weighted by Gasteiger charge is 2.44. The number of ether oxygens (including phenoxy) is 1. The molecule has 0 saturated carbocycles. The molecule has 1 aromatic carbocycles. The van der Waals surface area contributed by atoms with E-state index in [1.54, 1.807) is 26.0 Å². The molecule has 0 heterocycles. The summed E-state index contributed by atoms with van der Waals surface area (Å²) in [6, 6.07) is 3.43. The lowest BCUT2D eigenvalue weighted by Gasteiger charge is -2.25. The highest BCUT2D eigenvalue weighted by atomic mass is 16.7. The Labute approximate surface area is 147 Å². The summed E-state index contributed by atoms with van der Waals surface area (Å²) >= 11 is 0. The van der Waals surface area contributed by atoms with Gasteiger partial charge in [0.05, 0.1) is 6.61 Å². The Balaban J connectivity index is 3.16. The summed E-state index contributed by atoms with van der Waals surface area (Å²) < 4.78 is 5.20. The zero-order valence-corrected chi connectivity index (χ0v) is 15.2. The number of primary amides is 1. The van der Waals surface area contributed by atoms with Crippen molar-refractivity contribution < 1.29 is 24.0 Å². The molecule has 1 amide bonds. The molecule has 0 radical (unpaired) electrons. The largest absolute Gasteiger partial charge is 0.465 e. The van der Waals surface area contributed by atoms with Crippen LogP contribution < -0.4 is 11.6 Å². The Morgan fingerprint density at radius 1 is 1.12 bits per heavy atom. The molecule has 1 rings (SSSR count). The van der Waals surface area contributed by atoms with Crippen LogP contribution in [0.25, 0.3) is 0 Å². The van der Waals surface area contributed by atoms with E-state index in [0.29, 0.717) is 28.7 Å². The zero-order valence-electron chi connectivity index (χ0n) is 15.2. The van der Waals surface area contributed by atoms with E-state index in [9.17, 15) is 14.4 Å². The molecule has 7 nitrogen and oxygen atoms in total. The van der Waals surface area contributed by atoms with Crippen LogP contribution in [0.15, 0.2) is 12.1 Å². The molecule has 1 aromatic rings. The number of hydrogen-bond donors (Lipinski definition) is 2. The van der Waals surface area contributed by atoms with Gasteiger partial charge in [0.15, 0.2) is 5.41 Å². The first-order valence-corrected chi connectivity index (χ1v) is 8.15. The minimum absolute atomic E-state index is 0.0364. The number of rotatable bonds is 8. The predicted molar refractivity (Wildman–Crippen MR) is 92.4 cm³/mol. The van der Waals surface area contributed by atoms with Crippen LogP contribution in [-0.4, -0.2) is 24.5 Å². The fourth-order valence-electron chi connectivity index (χ4n) is 2.78. The smallest absolute Gasteiger partial charge is 0.341 e. The van der Waals surface area contributed by atoms with Gasteiger partial charge in [0.2, 0.25) is 5.91 Å². The SMILES string of the molecule is CCCCOC(=O)C(C)(Cc1cc(C)c(C(N)=O)c(C)c1)C(=O)ON. The van der Waals surface area contributed by atoms with Gasteiger partial charge in [0.25, 0.3) is 0 Å². The molecule has 0 saturated heterocycles. The fraction of sp³-hybridized carbons (Fsp3) is 0.500. The van der Waals surface area contributed by atoms with Crippen LogP contribution in [0.5, 0.6) is 0 Å². The molecule has 138 valence electrons. The van der Waals surface area contributed by atoms with Crippen molar-refractivity contribution in [2.24, 2.45) is 17.0 Å². The standard InChI is InChI=1S/C18H26N2O5/c1-5-6-7-24-16(22)18(4,17(23)25-20)10-13-8-11(2)14(15(19)21)12(3)9-13/h8-9H,5-7,10,20H2,1-4H3,(H2,19,21). The summed E-state index contributed by atoms with van der Waals surface area (Å²) in [5, 5.41) is 0. The van der Waals surface area contributed by atoms with Crippen LogP contribution in [0, 0.1) is 19.3 Å². The average Bonchev–Trinajstić information content (AvgIpc) is 2.52. The fourth-order valence-corrected chi connectivity index (χ4v) is 2.78. The number of unbranched alkanes of at least 4 members (excludes halogenated alkanes) is 1. The van der Waals surface area contributed by atoms with Crippen molar-refractivity contribution in [2.75, 3.05) is 6.61 Å². The van der Waals surface area contributed by atoms with E-state index in [4.69, 9.17) is 16.4 Å². The number of carbonyl (C=O) groups is 3. The maximum absolute atomic E-state index is 12.4. The molecule has 0 aliphatic heterocycles. The van der Waals surface area contributed by atoms with Crippen LogP contribution in [0.2, 0.25) is 0 Å². The van der Waals surface area contributed by atoms with Crippen LogP contribution >= 0.6 is 0 Å². The average molecular weight is 350 g/mol. The number of aryl methyl sites for hydroxylation is 2. The Morgan fingerprint density at radius 3 is 2.12 bits per heavy atom. The molecule has 4 N–H and O–H groups in total. The van der Waals surface area contributed by atoms with Crippen molar-refractivity contribution in [3.05, 3.63) is 34.4 Å². The van der Waals surface area contributed by atoms with Crippen LogP contribution in [0.1, 0.15) is 53.7 Å². The van der Waals surface area contributed by atoms with Gasteiger partial charge in [-0.15, -0.1) is 0 Å². The van der Waals surface area contributed by atoms with Gasteiger partial charge in [0, 0.05) is 5.56 Å². The molecule has 0 fully saturated rings. The monoisotopic (exact) mass is 350 g/mol. The molecule has 0 aromatic heterocycles. The van der Waals surface area contributed by atoms with E-state index in [1.807, 2.05) is 6.92 Å². The number of benzene rings is 1. The normalized spacial score (nSPS) is 13.0. The zero-order chi connectivity index (χ0) is 19.2. The van der Waals surface area contributed by atoms with Gasteiger partial charge in [-0.05, 0) is 50.3 Å². The number of esters is 1. The summed E-state index contributed by atoms with van der Waals surface area (Å²) in [5.41, 5.74) is 6.25. The third kappa shape index (κ3) is 4.79. The van der Waals surface area contributed by atoms with Crippen molar-refractivity contribution >= 4 is 17.8 Å². The second-order valence-corrected chi connectivity index (χ2v) is 6.37. The summed E-state index contributed by atoms with van der Waals surface area (Å²) in [7, 11) is 0. The topological polar surface area (TPSA) is 122 Å². The maximum Gasteiger partial charge on any atom is 0.341 e. The van der Waals surface area contributed by atoms with Crippen molar-refractivity contribution in [3.63, 3.8) is 0 Å². The first-order chi connectivity index (χ1) is 11.7. The molecule has 0 aliphatic carbocycles. The molecule has 0 spiro atoms. The maximum atomic E-state index is 12.4. The van der Waals surface area contributed by atoms with E-state index >= 15 is 0 Å². The van der Waals surface area contributed by atoms with Gasteiger partial charge >= 0.3 is 11.9 Å². The Bertz CT molecular complexity index is 648. The second-order valence-electron chi connectivity index (χ2n) is 6.37. The van der Waals surface area contributed by atoms with Crippen molar-refractivity contribution in [2.45, 2.75) is 47.0 Å². The second kappa shape index (κ2) is 8.62. The number of nitrogens with two attached hydrogens (primary N) is 2. The number of carbonyl (C=O) groups excluding carboxylic acids is 3. The molecule has 0 bridgehead atoms. The quantitative estimate of drug-likeness (QED) is 0.318. The van der Waals surface area contributed by atoms with Crippen molar-refractivity contribution in [1.82, 2.24) is 0 Å². The minimum atomic E-state index is -1.57. The number of amides is 1. The van der Waals surface area contributed by atoms with E-state index in [1.165, 1.54) is 6.92 Å². The molecule has 0 aliphatic rings. The first kappa shape index (κ1) is 20.6. The number of hydrogen-bond acceptors (Lipinski definition) is 6. The lowest BCUT2D eigenvalue weighted by atomic mass is 9.82. The Kier molecular flexibility index (Phi) is 7.11.